The molecule has 0 aromatic rings. The Morgan fingerprint density at radius 3 is 2.39 bits per heavy atom. The second kappa shape index (κ2) is 6.94. The Morgan fingerprint density at radius 2 is 2.00 bits per heavy atom. The van der Waals surface area contributed by atoms with Crippen LogP contribution in [-0.4, -0.2) is 42.0 Å². The zero-order valence-corrected chi connectivity index (χ0v) is 10.8. The number of nitrogens with one attached hydrogen (secondary N) is 1. The summed E-state index contributed by atoms with van der Waals surface area (Å²) in [5, 5.41) is 11.8. The number of alkyl halides is 3. The van der Waals surface area contributed by atoms with Crippen LogP contribution in [0.4, 0.5) is 13.2 Å². The molecule has 0 aromatic heterocycles. The quantitative estimate of drug-likeness (QED) is 0.664. The summed E-state index contributed by atoms with van der Waals surface area (Å²) < 4.78 is 41.0. The summed E-state index contributed by atoms with van der Waals surface area (Å²) >= 11 is 0. The fraction of sp³-hybridized carbons (Fsp3) is 0.909. The van der Waals surface area contributed by atoms with Gasteiger partial charge in [0.25, 0.3) is 0 Å². The smallest absolute Gasteiger partial charge is 0.414 e. The second-order valence-electron chi connectivity index (χ2n) is 4.33. The van der Waals surface area contributed by atoms with Crippen LogP contribution in [0.5, 0.6) is 0 Å². The van der Waals surface area contributed by atoms with Crippen LogP contribution in [0.15, 0.2) is 0 Å². The van der Waals surface area contributed by atoms with Gasteiger partial charge < -0.3 is 15.2 Å². The summed E-state index contributed by atoms with van der Waals surface area (Å²) in [6.07, 6.45) is -5.75. The van der Waals surface area contributed by atoms with Crippen LogP contribution >= 0.6 is 0 Å². The van der Waals surface area contributed by atoms with Gasteiger partial charge in [-0.1, -0.05) is 6.92 Å². The lowest BCUT2D eigenvalue weighted by atomic mass is 9.96. The predicted octanol–water partition coefficient (Wildman–Crippen LogP) is 2.19. The molecule has 7 heteroatoms. The van der Waals surface area contributed by atoms with Gasteiger partial charge in [-0.2, -0.15) is 13.2 Å². The highest BCUT2D eigenvalue weighted by molar-refractivity contribution is 5.78. The van der Waals surface area contributed by atoms with Crippen LogP contribution in [-0.2, 0) is 9.53 Å². The molecule has 0 aliphatic carbocycles. The minimum Gasteiger partial charge on any atom is -0.480 e. The van der Waals surface area contributed by atoms with Gasteiger partial charge in [-0.25, -0.2) is 0 Å². The summed E-state index contributed by atoms with van der Waals surface area (Å²) in [6, 6.07) is 0. The number of hydrogen-bond donors (Lipinski definition) is 2. The Bertz CT molecular complexity index is 271. The van der Waals surface area contributed by atoms with E-state index in [2.05, 4.69) is 10.1 Å². The SMILES string of the molecule is CCNC(C)(CCCOC(C)C(F)(F)F)C(=O)O. The summed E-state index contributed by atoms with van der Waals surface area (Å²) in [4.78, 5) is 11.0. The molecule has 2 atom stereocenters. The normalized spacial score (nSPS) is 17.2. The van der Waals surface area contributed by atoms with Gasteiger partial charge >= 0.3 is 12.1 Å². The van der Waals surface area contributed by atoms with Crippen molar-refractivity contribution in [3.63, 3.8) is 0 Å². The van der Waals surface area contributed by atoms with Gasteiger partial charge in [0.15, 0.2) is 6.10 Å². The zero-order valence-electron chi connectivity index (χ0n) is 10.8. The lowest BCUT2D eigenvalue weighted by Crippen LogP contribution is -2.49. The molecular weight excluding hydrogens is 251 g/mol. The molecule has 2 N–H and O–H groups in total. The van der Waals surface area contributed by atoms with E-state index in [9.17, 15) is 18.0 Å². The maximum atomic E-state index is 12.1. The lowest BCUT2D eigenvalue weighted by Gasteiger charge is -2.26. The number of hydrogen-bond acceptors (Lipinski definition) is 3. The molecule has 0 aliphatic rings. The number of halogens is 3. The van der Waals surface area contributed by atoms with E-state index >= 15 is 0 Å². The van der Waals surface area contributed by atoms with E-state index < -0.39 is 23.8 Å². The zero-order chi connectivity index (χ0) is 14.4. The fourth-order valence-electron chi connectivity index (χ4n) is 1.44. The highest BCUT2D eigenvalue weighted by atomic mass is 19.4. The van der Waals surface area contributed by atoms with E-state index in [0.717, 1.165) is 6.92 Å². The molecule has 18 heavy (non-hydrogen) atoms. The van der Waals surface area contributed by atoms with Crippen molar-refractivity contribution in [2.24, 2.45) is 0 Å². The Balaban J connectivity index is 4.06. The van der Waals surface area contributed by atoms with Crippen molar-refractivity contribution in [2.45, 2.75) is 51.4 Å². The van der Waals surface area contributed by atoms with Crippen molar-refractivity contribution in [1.29, 1.82) is 0 Å². The van der Waals surface area contributed by atoms with E-state index in [1.165, 1.54) is 6.92 Å². The highest BCUT2D eigenvalue weighted by Gasteiger charge is 2.37. The van der Waals surface area contributed by atoms with Crippen LogP contribution in [0.1, 0.15) is 33.6 Å². The Morgan fingerprint density at radius 1 is 1.44 bits per heavy atom. The lowest BCUT2D eigenvalue weighted by molar-refractivity contribution is -0.214. The maximum Gasteiger partial charge on any atom is 0.414 e. The number of carboxylic acid groups (broad SMARTS) is 1. The summed E-state index contributed by atoms with van der Waals surface area (Å²) in [5.41, 5.74) is -1.13. The van der Waals surface area contributed by atoms with Crippen LogP contribution < -0.4 is 5.32 Å². The van der Waals surface area contributed by atoms with E-state index in [1.54, 1.807) is 6.92 Å². The standard InChI is InChI=1S/C11H20F3NO3/c1-4-15-10(3,9(16)17)6-5-7-18-8(2)11(12,13)14/h8,15H,4-7H2,1-3H3,(H,16,17). The first-order valence-corrected chi connectivity index (χ1v) is 5.80. The van der Waals surface area contributed by atoms with Crippen molar-refractivity contribution in [3.8, 4) is 0 Å². The maximum absolute atomic E-state index is 12.1. The average Bonchev–Trinajstić information content (AvgIpc) is 2.22. The highest BCUT2D eigenvalue weighted by Crippen LogP contribution is 2.22. The fourth-order valence-corrected chi connectivity index (χ4v) is 1.44. The molecule has 108 valence electrons. The molecule has 0 fully saturated rings. The second-order valence-corrected chi connectivity index (χ2v) is 4.33. The molecule has 0 saturated carbocycles. The molecule has 0 aromatic carbocycles. The Hall–Kier alpha value is -0.820. The molecule has 0 amide bonds. The van der Waals surface area contributed by atoms with Gasteiger partial charge in [0.1, 0.15) is 5.54 Å². The number of likely N-dealkylation sites (N-methyl/N-ethyl adjacent to an activating group) is 1. The van der Waals surface area contributed by atoms with Gasteiger partial charge in [-0.05, 0) is 33.2 Å². The van der Waals surface area contributed by atoms with Crippen LogP contribution in [0, 0.1) is 0 Å². The molecule has 0 saturated heterocycles. The third kappa shape index (κ3) is 5.68. The predicted molar refractivity (Wildman–Crippen MR) is 60.4 cm³/mol. The van der Waals surface area contributed by atoms with Crippen molar-refractivity contribution >= 4 is 5.97 Å². The van der Waals surface area contributed by atoms with Gasteiger partial charge in [0.2, 0.25) is 0 Å². The Labute approximate surface area is 105 Å². The van der Waals surface area contributed by atoms with E-state index in [0.29, 0.717) is 6.54 Å². The first-order valence-electron chi connectivity index (χ1n) is 5.80. The van der Waals surface area contributed by atoms with Crippen molar-refractivity contribution in [1.82, 2.24) is 5.32 Å². The van der Waals surface area contributed by atoms with Gasteiger partial charge in [0, 0.05) is 6.61 Å². The molecule has 2 unspecified atom stereocenters. The number of rotatable bonds is 8. The minimum atomic E-state index is -4.38. The number of aliphatic carboxylic acids is 1. The molecule has 0 bridgehead atoms. The molecule has 0 rings (SSSR count). The minimum absolute atomic E-state index is 0.116. The van der Waals surface area contributed by atoms with Crippen molar-refractivity contribution in [2.75, 3.05) is 13.2 Å². The van der Waals surface area contributed by atoms with Crippen LogP contribution in [0.3, 0.4) is 0 Å². The molecule has 0 spiro atoms. The molecule has 0 aliphatic heterocycles. The van der Waals surface area contributed by atoms with Crippen molar-refractivity contribution < 1.29 is 27.8 Å². The summed E-state index contributed by atoms with van der Waals surface area (Å²) in [5.74, 6) is -1.02. The van der Waals surface area contributed by atoms with Crippen LogP contribution in [0.2, 0.25) is 0 Å². The van der Waals surface area contributed by atoms with Gasteiger partial charge in [-0.3, -0.25) is 4.79 Å². The van der Waals surface area contributed by atoms with Crippen LogP contribution in [0.25, 0.3) is 0 Å². The third-order valence-electron chi connectivity index (χ3n) is 2.69. The van der Waals surface area contributed by atoms with Crippen molar-refractivity contribution in [3.05, 3.63) is 0 Å². The van der Waals surface area contributed by atoms with Gasteiger partial charge in [0.05, 0.1) is 0 Å². The number of ether oxygens (including phenoxy) is 1. The summed E-state index contributed by atoms with van der Waals surface area (Å²) in [7, 11) is 0. The monoisotopic (exact) mass is 271 g/mol. The van der Waals surface area contributed by atoms with E-state index in [4.69, 9.17) is 5.11 Å². The molecule has 0 radical (unpaired) electrons. The molecule has 4 nitrogen and oxygen atoms in total. The number of carbonyl (C=O) groups is 1. The summed E-state index contributed by atoms with van der Waals surface area (Å²) in [6.45, 7) is 4.56. The van der Waals surface area contributed by atoms with E-state index in [1.807, 2.05) is 0 Å². The Kier molecular flexibility index (Phi) is 6.62. The third-order valence-corrected chi connectivity index (χ3v) is 2.69. The van der Waals surface area contributed by atoms with Gasteiger partial charge in [-0.15, -0.1) is 0 Å². The average molecular weight is 271 g/mol. The first-order chi connectivity index (χ1) is 8.13. The van der Waals surface area contributed by atoms with E-state index in [-0.39, 0.29) is 19.4 Å². The number of carboxylic acids is 1. The topological polar surface area (TPSA) is 58.6 Å². The molecule has 0 heterocycles. The first kappa shape index (κ1) is 17.2. The largest absolute Gasteiger partial charge is 0.480 e. The molecular formula is C11H20F3NO3.